The molecule has 114 valence electrons. The van der Waals surface area contributed by atoms with E-state index in [4.69, 9.17) is 4.74 Å². The summed E-state index contributed by atoms with van der Waals surface area (Å²) in [5.41, 5.74) is 1.82. The molecule has 0 saturated carbocycles. The highest BCUT2D eigenvalue weighted by Crippen LogP contribution is 2.36. The number of anilines is 1. The van der Waals surface area contributed by atoms with Gasteiger partial charge in [0.15, 0.2) is 5.82 Å². The fourth-order valence-electron chi connectivity index (χ4n) is 3.47. The highest BCUT2D eigenvalue weighted by atomic mass is 16.5. The van der Waals surface area contributed by atoms with Crippen LogP contribution in [-0.2, 0) is 17.6 Å². The maximum Gasteiger partial charge on any atom is 0.339 e. The number of nitrogens with zero attached hydrogens (tertiary/aromatic N) is 2. The van der Waals surface area contributed by atoms with Gasteiger partial charge in [0.25, 0.3) is 0 Å². The topological polar surface area (TPSA) is 84.3 Å². The summed E-state index contributed by atoms with van der Waals surface area (Å²) in [6, 6.07) is 0.147. The lowest BCUT2D eigenvalue weighted by Crippen LogP contribution is -2.32. The Morgan fingerprint density at radius 3 is 2.67 bits per heavy atom. The van der Waals surface area contributed by atoms with E-state index in [0.717, 1.165) is 30.5 Å². The zero-order valence-corrected chi connectivity index (χ0v) is 12.4. The molecule has 21 heavy (non-hydrogen) atoms. The molecule has 0 radical (unpaired) electrons. The predicted molar refractivity (Wildman–Crippen MR) is 77.7 cm³/mol. The number of aryl methyl sites for hydroxylation is 1. The minimum Gasteiger partial charge on any atom is -0.478 e. The van der Waals surface area contributed by atoms with E-state index in [1.54, 1.807) is 0 Å². The lowest BCUT2D eigenvalue weighted by Gasteiger charge is -2.22. The van der Waals surface area contributed by atoms with Crippen LogP contribution < -0.4 is 5.32 Å². The minimum absolute atomic E-state index is 0.147. The standard InChI is InChI=1S/C15H21N3O3/c1-3-9-10(4-2)17-18-14(13(9)15(19)20)16-11-7-8-5-6-12(11)21-8/h8,11-12H,3-7H2,1-2H3,(H,16,18)(H,19,20). The third kappa shape index (κ3) is 2.48. The van der Waals surface area contributed by atoms with Crippen molar-refractivity contribution in [3.05, 3.63) is 16.8 Å². The SMILES string of the molecule is CCc1nnc(NC2CC3CCC2O3)c(C(=O)O)c1CC. The number of aromatic nitrogens is 2. The summed E-state index contributed by atoms with van der Waals surface area (Å²) in [4.78, 5) is 11.7. The predicted octanol–water partition coefficient (Wildman–Crippen LogP) is 2.03. The maximum absolute atomic E-state index is 11.7. The van der Waals surface area contributed by atoms with Crippen LogP contribution in [0.2, 0.25) is 0 Å². The van der Waals surface area contributed by atoms with Crippen LogP contribution in [0.25, 0.3) is 0 Å². The van der Waals surface area contributed by atoms with Crippen molar-refractivity contribution in [3.8, 4) is 0 Å². The molecular formula is C15H21N3O3. The number of carbonyl (C=O) groups is 1. The van der Waals surface area contributed by atoms with Gasteiger partial charge in [-0.25, -0.2) is 4.79 Å². The van der Waals surface area contributed by atoms with Crippen molar-refractivity contribution in [1.29, 1.82) is 0 Å². The summed E-state index contributed by atoms with van der Waals surface area (Å²) in [5, 5.41) is 21.2. The summed E-state index contributed by atoms with van der Waals surface area (Å²) >= 11 is 0. The second-order valence-electron chi connectivity index (χ2n) is 5.72. The molecule has 6 nitrogen and oxygen atoms in total. The number of fused-ring (bicyclic) bond motifs is 2. The second kappa shape index (κ2) is 5.60. The van der Waals surface area contributed by atoms with E-state index in [9.17, 15) is 9.90 Å². The number of aromatic carboxylic acids is 1. The van der Waals surface area contributed by atoms with Gasteiger partial charge in [0, 0.05) is 0 Å². The lowest BCUT2D eigenvalue weighted by atomic mass is 9.95. The Bertz CT molecular complexity index is 561. The molecule has 2 aliphatic heterocycles. The first-order valence-electron chi connectivity index (χ1n) is 7.67. The van der Waals surface area contributed by atoms with Gasteiger partial charge in [0.2, 0.25) is 0 Å². The normalized spacial score (nSPS) is 27.0. The van der Waals surface area contributed by atoms with E-state index < -0.39 is 5.97 Å². The number of carboxylic acids is 1. The number of nitrogens with one attached hydrogen (secondary N) is 1. The summed E-state index contributed by atoms with van der Waals surface area (Å²) in [5.74, 6) is -0.555. The molecule has 0 amide bonds. The van der Waals surface area contributed by atoms with Crippen LogP contribution in [-0.4, -0.2) is 39.5 Å². The highest BCUT2D eigenvalue weighted by Gasteiger charge is 2.41. The molecule has 2 saturated heterocycles. The number of hydrogen-bond acceptors (Lipinski definition) is 5. The van der Waals surface area contributed by atoms with Crippen LogP contribution in [0.4, 0.5) is 5.82 Å². The first-order chi connectivity index (χ1) is 10.1. The molecular weight excluding hydrogens is 270 g/mol. The molecule has 2 aliphatic rings. The van der Waals surface area contributed by atoms with Gasteiger partial charge in [-0.2, -0.15) is 5.10 Å². The van der Waals surface area contributed by atoms with Gasteiger partial charge >= 0.3 is 5.97 Å². The van der Waals surface area contributed by atoms with Crippen molar-refractivity contribution in [2.45, 2.75) is 64.2 Å². The molecule has 2 bridgehead atoms. The van der Waals surface area contributed by atoms with E-state index in [1.807, 2.05) is 13.8 Å². The van der Waals surface area contributed by atoms with E-state index in [0.29, 0.717) is 24.8 Å². The molecule has 0 spiro atoms. The van der Waals surface area contributed by atoms with Gasteiger partial charge in [-0.3, -0.25) is 0 Å². The molecule has 3 atom stereocenters. The smallest absolute Gasteiger partial charge is 0.339 e. The molecule has 0 aromatic carbocycles. The number of carboxylic acid groups (broad SMARTS) is 1. The van der Waals surface area contributed by atoms with Crippen molar-refractivity contribution < 1.29 is 14.6 Å². The monoisotopic (exact) mass is 291 g/mol. The summed E-state index contributed by atoms with van der Waals surface area (Å²) in [6.07, 6.45) is 4.88. The van der Waals surface area contributed by atoms with Gasteiger partial charge in [0.1, 0.15) is 5.56 Å². The van der Waals surface area contributed by atoms with Crippen LogP contribution >= 0.6 is 0 Å². The van der Waals surface area contributed by atoms with Crippen LogP contribution in [0.1, 0.15) is 54.7 Å². The number of hydrogen-bond donors (Lipinski definition) is 2. The zero-order chi connectivity index (χ0) is 15.0. The highest BCUT2D eigenvalue weighted by molar-refractivity contribution is 5.95. The van der Waals surface area contributed by atoms with Gasteiger partial charge < -0.3 is 15.2 Å². The third-order valence-electron chi connectivity index (χ3n) is 4.49. The molecule has 3 heterocycles. The number of ether oxygens (including phenoxy) is 1. The molecule has 1 aromatic heterocycles. The van der Waals surface area contributed by atoms with E-state index in [-0.39, 0.29) is 17.7 Å². The Kier molecular flexibility index (Phi) is 3.80. The zero-order valence-electron chi connectivity index (χ0n) is 12.4. The molecule has 1 aromatic rings. The van der Waals surface area contributed by atoms with Gasteiger partial charge in [-0.05, 0) is 37.7 Å². The average molecular weight is 291 g/mol. The van der Waals surface area contributed by atoms with Crippen molar-refractivity contribution in [3.63, 3.8) is 0 Å². The fraction of sp³-hybridized carbons (Fsp3) is 0.667. The first kappa shape index (κ1) is 14.3. The maximum atomic E-state index is 11.7. The Labute approximate surface area is 123 Å². The summed E-state index contributed by atoms with van der Waals surface area (Å²) in [6.45, 7) is 3.92. The van der Waals surface area contributed by atoms with Crippen molar-refractivity contribution in [2.24, 2.45) is 0 Å². The average Bonchev–Trinajstić information content (AvgIpc) is 3.08. The van der Waals surface area contributed by atoms with Crippen LogP contribution in [0.15, 0.2) is 0 Å². The lowest BCUT2D eigenvalue weighted by molar-refractivity contribution is 0.0695. The largest absolute Gasteiger partial charge is 0.478 e. The molecule has 3 rings (SSSR count). The second-order valence-corrected chi connectivity index (χ2v) is 5.72. The van der Waals surface area contributed by atoms with Crippen LogP contribution in [0, 0.1) is 0 Å². The molecule has 6 heteroatoms. The van der Waals surface area contributed by atoms with Crippen molar-refractivity contribution >= 4 is 11.8 Å². The van der Waals surface area contributed by atoms with E-state index in [1.165, 1.54) is 0 Å². The summed E-state index contributed by atoms with van der Waals surface area (Å²) in [7, 11) is 0. The quantitative estimate of drug-likeness (QED) is 0.863. The molecule has 0 aliphatic carbocycles. The van der Waals surface area contributed by atoms with Crippen molar-refractivity contribution in [1.82, 2.24) is 10.2 Å². The van der Waals surface area contributed by atoms with E-state index in [2.05, 4.69) is 15.5 Å². The molecule has 2 fully saturated rings. The Morgan fingerprint density at radius 2 is 2.14 bits per heavy atom. The van der Waals surface area contributed by atoms with Gasteiger partial charge in [-0.1, -0.05) is 13.8 Å². The van der Waals surface area contributed by atoms with Crippen LogP contribution in [0.5, 0.6) is 0 Å². The summed E-state index contributed by atoms with van der Waals surface area (Å²) < 4.78 is 5.80. The number of rotatable bonds is 5. The molecule has 3 unspecified atom stereocenters. The Balaban J connectivity index is 1.92. The van der Waals surface area contributed by atoms with E-state index >= 15 is 0 Å². The van der Waals surface area contributed by atoms with Gasteiger partial charge in [-0.15, -0.1) is 5.10 Å². The van der Waals surface area contributed by atoms with Crippen molar-refractivity contribution in [2.75, 3.05) is 5.32 Å². The van der Waals surface area contributed by atoms with Gasteiger partial charge in [0.05, 0.1) is 23.9 Å². The van der Waals surface area contributed by atoms with Crippen LogP contribution in [0.3, 0.4) is 0 Å². The fourth-order valence-corrected chi connectivity index (χ4v) is 3.47. The third-order valence-corrected chi connectivity index (χ3v) is 4.49. The Morgan fingerprint density at radius 1 is 1.33 bits per heavy atom. The Hall–Kier alpha value is -1.69. The molecule has 2 N–H and O–H groups in total. The first-order valence-corrected chi connectivity index (χ1v) is 7.67. The minimum atomic E-state index is -0.942.